The van der Waals surface area contributed by atoms with Gasteiger partial charge in [-0.3, -0.25) is 0 Å². The molecule has 0 fully saturated rings. The Morgan fingerprint density at radius 3 is 2.11 bits per heavy atom. The first kappa shape index (κ1) is 15.6. The Labute approximate surface area is 117 Å². The van der Waals surface area contributed by atoms with Gasteiger partial charge in [-0.25, -0.2) is 0 Å². The molecule has 0 heterocycles. The number of benzene rings is 1. The van der Waals surface area contributed by atoms with Crippen molar-refractivity contribution in [3.8, 4) is 0 Å². The van der Waals surface area contributed by atoms with E-state index < -0.39 is 0 Å². The van der Waals surface area contributed by atoms with Crippen molar-refractivity contribution in [2.45, 2.75) is 45.6 Å². The molecule has 1 aromatic carbocycles. The van der Waals surface area contributed by atoms with Crippen LogP contribution in [-0.2, 0) is 0 Å². The predicted octanol–water partition coefficient (Wildman–Crippen LogP) is 4.74. The second kappa shape index (κ2) is 6.63. The third-order valence-corrected chi connectivity index (χ3v) is 4.79. The molecule has 0 spiro atoms. The van der Waals surface area contributed by atoms with Gasteiger partial charge in [-0.15, -0.1) is 11.8 Å². The molecule has 0 radical (unpaired) electrons. The molecule has 0 saturated heterocycles. The summed E-state index contributed by atoms with van der Waals surface area (Å²) in [6, 6.07) is 9.27. The summed E-state index contributed by atoms with van der Waals surface area (Å²) in [7, 11) is 0. The molecule has 1 nitrogen and oxygen atoms in total. The first-order valence-electron chi connectivity index (χ1n) is 6.74. The minimum Gasteiger partial charge on any atom is -0.310 e. The molecule has 0 saturated carbocycles. The first-order chi connectivity index (χ1) is 8.36. The SMILES string of the molecule is CSc1ccc(C(C)NCC(C)(C)C(C)C)cc1. The minimum absolute atomic E-state index is 0.341. The van der Waals surface area contributed by atoms with E-state index in [4.69, 9.17) is 0 Å². The molecule has 18 heavy (non-hydrogen) atoms. The van der Waals surface area contributed by atoms with E-state index >= 15 is 0 Å². The topological polar surface area (TPSA) is 12.0 Å². The van der Waals surface area contributed by atoms with Gasteiger partial charge in [0, 0.05) is 17.5 Å². The van der Waals surface area contributed by atoms with Crippen LogP contribution in [0.1, 0.15) is 46.2 Å². The lowest BCUT2D eigenvalue weighted by Gasteiger charge is -2.31. The van der Waals surface area contributed by atoms with Crippen molar-refractivity contribution in [1.29, 1.82) is 0 Å². The lowest BCUT2D eigenvalue weighted by molar-refractivity contribution is 0.230. The number of thioether (sulfide) groups is 1. The molecule has 2 heteroatoms. The van der Waals surface area contributed by atoms with E-state index in [0.717, 1.165) is 6.54 Å². The fourth-order valence-electron chi connectivity index (χ4n) is 1.63. The molecule has 1 atom stereocenters. The van der Waals surface area contributed by atoms with Crippen LogP contribution in [0.25, 0.3) is 0 Å². The Morgan fingerprint density at radius 1 is 1.11 bits per heavy atom. The molecule has 1 N–H and O–H groups in total. The third-order valence-electron chi connectivity index (χ3n) is 4.04. The fourth-order valence-corrected chi connectivity index (χ4v) is 2.04. The van der Waals surface area contributed by atoms with E-state index in [2.05, 4.69) is 70.5 Å². The highest BCUT2D eigenvalue weighted by atomic mass is 32.2. The maximum atomic E-state index is 3.65. The van der Waals surface area contributed by atoms with Gasteiger partial charge >= 0.3 is 0 Å². The maximum absolute atomic E-state index is 3.65. The summed E-state index contributed by atoms with van der Waals surface area (Å²) >= 11 is 1.79. The Kier molecular flexibility index (Phi) is 5.74. The van der Waals surface area contributed by atoms with Gasteiger partial charge in [0.2, 0.25) is 0 Å². The minimum atomic E-state index is 0.341. The van der Waals surface area contributed by atoms with Gasteiger partial charge < -0.3 is 5.32 Å². The molecule has 102 valence electrons. The number of hydrogen-bond donors (Lipinski definition) is 1. The van der Waals surface area contributed by atoms with Crippen LogP contribution in [0.3, 0.4) is 0 Å². The zero-order valence-corrected chi connectivity index (χ0v) is 13.4. The summed E-state index contributed by atoms with van der Waals surface area (Å²) in [6.07, 6.45) is 2.11. The highest BCUT2D eigenvalue weighted by Gasteiger charge is 2.22. The van der Waals surface area contributed by atoms with E-state index in [1.165, 1.54) is 10.5 Å². The molecule has 0 bridgehead atoms. The summed E-state index contributed by atoms with van der Waals surface area (Å²) in [5, 5.41) is 3.65. The van der Waals surface area contributed by atoms with E-state index in [0.29, 0.717) is 17.4 Å². The van der Waals surface area contributed by atoms with Crippen LogP contribution in [0.4, 0.5) is 0 Å². The van der Waals surface area contributed by atoms with Gasteiger partial charge in [-0.05, 0) is 42.2 Å². The summed E-state index contributed by atoms with van der Waals surface area (Å²) < 4.78 is 0. The smallest absolute Gasteiger partial charge is 0.0292 e. The van der Waals surface area contributed by atoms with Crippen LogP contribution < -0.4 is 5.32 Å². The van der Waals surface area contributed by atoms with Crippen LogP contribution in [-0.4, -0.2) is 12.8 Å². The molecule has 1 aromatic rings. The van der Waals surface area contributed by atoms with E-state index in [1.807, 2.05) is 0 Å². The molecule has 0 aliphatic heterocycles. The third kappa shape index (κ3) is 4.33. The number of nitrogens with one attached hydrogen (secondary N) is 1. The Balaban J connectivity index is 2.57. The van der Waals surface area contributed by atoms with Gasteiger partial charge in [-0.2, -0.15) is 0 Å². The summed E-state index contributed by atoms with van der Waals surface area (Å²) in [5.74, 6) is 0.691. The quantitative estimate of drug-likeness (QED) is 0.746. The highest BCUT2D eigenvalue weighted by Crippen LogP contribution is 2.26. The number of hydrogen-bond acceptors (Lipinski definition) is 2. The van der Waals surface area contributed by atoms with Crippen LogP contribution in [0.2, 0.25) is 0 Å². The van der Waals surface area contributed by atoms with Crippen molar-refractivity contribution in [1.82, 2.24) is 5.32 Å². The zero-order chi connectivity index (χ0) is 13.8. The average molecular weight is 265 g/mol. The molecular formula is C16H27NS. The predicted molar refractivity (Wildman–Crippen MR) is 83.3 cm³/mol. The summed E-state index contributed by atoms with van der Waals surface area (Å²) in [5.41, 5.74) is 1.71. The second-order valence-corrected chi connectivity index (χ2v) is 6.90. The monoisotopic (exact) mass is 265 g/mol. The Morgan fingerprint density at radius 2 is 1.67 bits per heavy atom. The molecule has 0 aliphatic carbocycles. The largest absolute Gasteiger partial charge is 0.310 e. The lowest BCUT2D eigenvalue weighted by atomic mass is 9.81. The molecular weight excluding hydrogens is 238 g/mol. The molecule has 0 aliphatic rings. The molecule has 0 amide bonds. The van der Waals surface area contributed by atoms with Crippen LogP contribution >= 0.6 is 11.8 Å². The van der Waals surface area contributed by atoms with Gasteiger partial charge in [-0.1, -0.05) is 39.8 Å². The van der Waals surface area contributed by atoms with Crippen molar-refractivity contribution in [2.75, 3.05) is 12.8 Å². The molecule has 1 rings (SSSR count). The van der Waals surface area contributed by atoms with E-state index in [-0.39, 0.29) is 0 Å². The molecule has 0 aromatic heterocycles. The first-order valence-corrected chi connectivity index (χ1v) is 7.96. The van der Waals surface area contributed by atoms with Crippen LogP contribution in [0.15, 0.2) is 29.2 Å². The average Bonchev–Trinajstić information content (AvgIpc) is 2.36. The van der Waals surface area contributed by atoms with E-state index in [9.17, 15) is 0 Å². The van der Waals surface area contributed by atoms with Gasteiger partial charge in [0.25, 0.3) is 0 Å². The van der Waals surface area contributed by atoms with E-state index in [1.54, 1.807) is 11.8 Å². The lowest BCUT2D eigenvalue weighted by Crippen LogP contribution is -2.34. The number of rotatable bonds is 6. The van der Waals surface area contributed by atoms with Crippen LogP contribution in [0, 0.1) is 11.3 Å². The van der Waals surface area contributed by atoms with Gasteiger partial charge in [0.05, 0.1) is 0 Å². The van der Waals surface area contributed by atoms with Crippen molar-refractivity contribution in [2.24, 2.45) is 11.3 Å². The zero-order valence-electron chi connectivity index (χ0n) is 12.6. The van der Waals surface area contributed by atoms with Crippen molar-refractivity contribution in [3.63, 3.8) is 0 Å². The van der Waals surface area contributed by atoms with Crippen molar-refractivity contribution < 1.29 is 0 Å². The normalized spacial score (nSPS) is 13.9. The van der Waals surface area contributed by atoms with Crippen molar-refractivity contribution >= 4 is 11.8 Å². The van der Waals surface area contributed by atoms with Gasteiger partial charge in [0.15, 0.2) is 0 Å². The fraction of sp³-hybridized carbons (Fsp3) is 0.625. The Hall–Kier alpha value is -0.470. The summed E-state index contributed by atoms with van der Waals surface area (Å²) in [4.78, 5) is 1.33. The maximum Gasteiger partial charge on any atom is 0.0292 e. The van der Waals surface area contributed by atoms with Gasteiger partial charge in [0.1, 0.15) is 0 Å². The highest BCUT2D eigenvalue weighted by molar-refractivity contribution is 7.98. The standard InChI is InChI=1S/C16H27NS/c1-12(2)16(4,5)11-17-13(3)14-7-9-15(18-6)10-8-14/h7-10,12-13,17H,11H2,1-6H3. The second-order valence-electron chi connectivity index (χ2n) is 6.02. The molecule has 1 unspecified atom stereocenters. The summed E-state index contributed by atoms with van der Waals surface area (Å²) in [6.45, 7) is 12.5. The Bertz CT molecular complexity index is 354. The van der Waals surface area contributed by atoms with Crippen molar-refractivity contribution in [3.05, 3.63) is 29.8 Å². The van der Waals surface area contributed by atoms with Crippen LogP contribution in [0.5, 0.6) is 0 Å².